The molecule has 0 atom stereocenters. The Hall–Kier alpha value is 0.429. The van der Waals surface area contributed by atoms with E-state index in [1.54, 1.807) is 0 Å². The third kappa shape index (κ3) is 0.887. The zero-order valence-electron chi connectivity index (χ0n) is 2.59. The van der Waals surface area contributed by atoms with Gasteiger partial charge in [0, 0.05) is 0 Å². The molecule has 0 spiro atoms. The first-order valence-corrected chi connectivity index (χ1v) is 4.33. The molecule has 1 rings (SSSR count). The van der Waals surface area contributed by atoms with Crippen LogP contribution in [0, 0.1) is 0 Å². The van der Waals surface area contributed by atoms with Gasteiger partial charge in [-0.3, -0.25) is 0 Å². The Bertz CT molecular complexity index is 63.4. The molecule has 0 radical (unpaired) electrons. The average Bonchev–Trinajstić information content (AvgIpc) is 1.76. The first kappa shape index (κ1) is 3.61. The van der Waals surface area contributed by atoms with E-state index in [-0.39, 0.29) is 0 Å². The minimum atomic E-state index is 0.752. The van der Waals surface area contributed by atoms with Crippen LogP contribution < -0.4 is 0 Å². The zero-order valence-corrected chi connectivity index (χ0v) is 5.20. The normalized spacial score (nSPS) is 9.60. The van der Waals surface area contributed by atoms with Gasteiger partial charge in [-0.1, -0.05) is 0 Å². The van der Waals surface area contributed by atoms with Gasteiger partial charge in [-0.05, 0) is 0 Å². The molecule has 0 amide bonds. The molecule has 5 heavy (non-hydrogen) atoms. The van der Waals surface area contributed by atoms with Crippen LogP contribution in [0.25, 0.3) is 0 Å². The Labute approximate surface area is 38.7 Å². The summed E-state index contributed by atoms with van der Waals surface area (Å²) in [6.07, 6.45) is 0. The summed E-state index contributed by atoms with van der Waals surface area (Å²) >= 11 is 0.752. The SMILES string of the molecule is c1c[se]cp1. The molecule has 2 heteroatoms. The fraction of sp³-hybridized carbons (Fsp3) is 0. The monoisotopic (exact) mass is 150 g/mol. The van der Waals surface area contributed by atoms with E-state index in [9.17, 15) is 0 Å². The van der Waals surface area contributed by atoms with Crippen LogP contribution in [0.2, 0.25) is 0 Å². The third-order valence-corrected chi connectivity index (χ3v) is 3.51. The number of hydrogen-bond donors (Lipinski definition) is 0. The van der Waals surface area contributed by atoms with E-state index in [4.69, 9.17) is 0 Å². The van der Waals surface area contributed by atoms with E-state index in [0.29, 0.717) is 0 Å². The van der Waals surface area contributed by atoms with Crippen molar-refractivity contribution in [1.29, 1.82) is 0 Å². The molecular weight excluding hydrogens is 146 g/mol. The van der Waals surface area contributed by atoms with Crippen LogP contribution >= 0.6 is 8.19 Å². The summed E-state index contributed by atoms with van der Waals surface area (Å²) in [6.45, 7) is 0. The second-order valence-electron chi connectivity index (χ2n) is 0.676. The van der Waals surface area contributed by atoms with E-state index >= 15 is 0 Å². The van der Waals surface area contributed by atoms with Crippen LogP contribution in [0.1, 0.15) is 0 Å². The van der Waals surface area contributed by atoms with Gasteiger partial charge in [0.15, 0.2) is 0 Å². The second kappa shape index (κ2) is 1.77. The molecule has 0 aliphatic heterocycles. The van der Waals surface area contributed by atoms with E-state index < -0.39 is 0 Å². The van der Waals surface area contributed by atoms with Gasteiger partial charge in [-0.2, -0.15) is 0 Å². The quantitative estimate of drug-likeness (QED) is 0.488. The Morgan fingerprint density at radius 1 is 1.60 bits per heavy atom. The Morgan fingerprint density at radius 2 is 2.60 bits per heavy atom. The molecule has 0 nitrogen and oxygen atoms in total. The Balaban J connectivity index is 3.13. The van der Waals surface area contributed by atoms with Crippen LogP contribution in [0.4, 0.5) is 0 Å². The van der Waals surface area contributed by atoms with E-state index in [1.165, 1.54) is 8.19 Å². The number of rotatable bonds is 0. The van der Waals surface area contributed by atoms with E-state index in [0.717, 1.165) is 14.5 Å². The van der Waals surface area contributed by atoms with Crippen molar-refractivity contribution in [1.82, 2.24) is 0 Å². The molecule has 1 aromatic rings. The fourth-order valence-corrected chi connectivity index (χ4v) is 2.74. The zero-order chi connectivity index (χ0) is 3.54. The third-order valence-electron chi connectivity index (χ3n) is 0.347. The molecule has 0 saturated heterocycles. The van der Waals surface area contributed by atoms with E-state index in [2.05, 4.69) is 15.4 Å². The van der Waals surface area contributed by atoms with Crippen molar-refractivity contribution in [2.24, 2.45) is 0 Å². The van der Waals surface area contributed by atoms with Gasteiger partial charge in [-0.15, -0.1) is 0 Å². The van der Waals surface area contributed by atoms with Gasteiger partial charge in [0.25, 0.3) is 0 Å². The second-order valence-corrected chi connectivity index (χ2v) is 3.95. The predicted octanol–water partition coefficient (Wildman–Crippen LogP) is 1.32. The summed E-state index contributed by atoms with van der Waals surface area (Å²) in [7, 11) is 1.41. The van der Waals surface area contributed by atoms with Crippen molar-refractivity contribution in [2.45, 2.75) is 0 Å². The molecule has 0 aromatic carbocycles. The van der Waals surface area contributed by atoms with Gasteiger partial charge in [-0.25, -0.2) is 0 Å². The molecule has 0 fully saturated rings. The van der Waals surface area contributed by atoms with Gasteiger partial charge in [0.1, 0.15) is 0 Å². The maximum absolute atomic E-state index is 2.28. The van der Waals surface area contributed by atoms with Crippen molar-refractivity contribution >= 4 is 22.7 Å². The molecular formula is C3H3PSe. The molecule has 0 unspecified atom stereocenters. The molecule has 1 aromatic heterocycles. The molecule has 0 saturated carbocycles. The van der Waals surface area contributed by atoms with Crippen molar-refractivity contribution in [2.75, 3.05) is 0 Å². The standard InChI is InChI=1S/C3H3PSe/c1-2-5-3-4-1/h1-3H. The molecule has 0 N–H and O–H groups in total. The van der Waals surface area contributed by atoms with Gasteiger partial charge in [0.2, 0.25) is 0 Å². The molecule has 0 bridgehead atoms. The van der Waals surface area contributed by atoms with Crippen LogP contribution in [-0.4, -0.2) is 14.5 Å². The Kier molecular flexibility index (Phi) is 1.28. The van der Waals surface area contributed by atoms with Crippen LogP contribution in [0.15, 0.2) is 15.4 Å². The summed E-state index contributed by atoms with van der Waals surface area (Å²) in [5.74, 6) is 2.18. The summed E-state index contributed by atoms with van der Waals surface area (Å²) in [6, 6.07) is 0. The van der Waals surface area contributed by atoms with Gasteiger partial charge >= 0.3 is 38.1 Å². The predicted molar refractivity (Wildman–Crippen MR) is 25.9 cm³/mol. The Morgan fingerprint density at radius 3 is 2.80 bits per heavy atom. The average molecular weight is 149 g/mol. The topological polar surface area (TPSA) is 0 Å². The van der Waals surface area contributed by atoms with Crippen LogP contribution in [0.5, 0.6) is 0 Å². The summed E-state index contributed by atoms with van der Waals surface area (Å²) in [5, 5.41) is 0. The van der Waals surface area contributed by atoms with Crippen molar-refractivity contribution in [3.8, 4) is 0 Å². The summed E-state index contributed by atoms with van der Waals surface area (Å²) < 4.78 is 2.28. The molecule has 0 aliphatic rings. The summed E-state index contributed by atoms with van der Waals surface area (Å²) in [5.41, 5.74) is 0. The first-order chi connectivity index (χ1) is 2.50. The molecule has 1 heterocycles. The van der Waals surface area contributed by atoms with Crippen LogP contribution in [0.3, 0.4) is 0 Å². The van der Waals surface area contributed by atoms with Crippen molar-refractivity contribution < 1.29 is 0 Å². The maximum atomic E-state index is 2.28. The van der Waals surface area contributed by atoms with Crippen molar-refractivity contribution in [3.63, 3.8) is 0 Å². The van der Waals surface area contributed by atoms with Crippen molar-refractivity contribution in [3.05, 3.63) is 15.4 Å². The summed E-state index contributed by atoms with van der Waals surface area (Å²) in [4.78, 5) is 2.23. The first-order valence-electron chi connectivity index (χ1n) is 1.32. The van der Waals surface area contributed by atoms with Gasteiger partial charge < -0.3 is 0 Å². The number of hydrogen-bond acceptors (Lipinski definition) is 0. The van der Waals surface area contributed by atoms with E-state index in [1.807, 2.05) is 0 Å². The fourth-order valence-electron chi connectivity index (χ4n) is 0.176. The van der Waals surface area contributed by atoms with Gasteiger partial charge in [0.05, 0.1) is 0 Å². The van der Waals surface area contributed by atoms with Crippen LogP contribution in [-0.2, 0) is 0 Å². The molecule has 26 valence electrons. The minimum absolute atomic E-state index is 0.752. The molecule has 0 aliphatic carbocycles.